The standard InChI is InChI=1S/C11H14N2O2/c1-7-8(6-10(14)12-7)9-4-3-5-11(13-9)15-2/h3-5,7-8H,6H2,1-2H3,(H,12,14). The molecule has 0 spiro atoms. The van der Waals surface area contributed by atoms with Crippen LogP contribution >= 0.6 is 0 Å². The van der Waals surface area contributed by atoms with Gasteiger partial charge in [0.1, 0.15) is 0 Å². The van der Waals surface area contributed by atoms with E-state index in [2.05, 4.69) is 10.3 Å². The Bertz CT molecular complexity index is 379. The van der Waals surface area contributed by atoms with Gasteiger partial charge in [-0.05, 0) is 13.0 Å². The third-order valence-corrected chi connectivity index (χ3v) is 2.73. The maximum Gasteiger partial charge on any atom is 0.220 e. The van der Waals surface area contributed by atoms with Crippen LogP contribution in [0.15, 0.2) is 18.2 Å². The van der Waals surface area contributed by atoms with E-state index in [0.717, 1.165) is 5.69 Å². The molecule has 1 aliphatic rings. The molecule has 1 aromatic rings. The van der Waals surface area contributed by atoms with Gasteiger partial charge in [-0.2, -0.15) is 0 Å². The lowest BCUT2D eigenvalue weighted by atomic mass is 9.97. The van der Waals surface area contributed by atoms with Gasteiger partial charge in [0.2, 0.25) is 11.8 Å². The van der Waals surface area contributed by atoms with Gasteiger partial charge in [0, 0.05) is 24.4 Å². The molecule has 0 bridgehead atoms. The monoisotopic (exact) mass is 206 g/mol. The molecule has 4 heteroatoms. The number of carbonyl (C=O) groups is 1. The first-order valence-electron chi connectivity index (χ1n) is 5.01. The van der Waals surface area contributed by atoms with Crippen LogP contribution in [-0.2, 0) is 4.79 Å². The smallest absolute Gasteiger partial charge is 0.220 e. The number of methoxy groups -OCH3 is 1. The summed E-state index contributed by atoms with van der Waals surface area (Å²) in [5, 5.41) is 2.88. The van der Waals surface area contributed by atoms with Crippen molar-refractivity contribution in [2.24, 2.45) is 0 Å². The van der Waals surface area contributed by atoms with E-state index < -0.39 is 0 Å². The summed E-state index contributed by atoms with van der Waals surface area (Å²) >= 11 is 0. The fourth-order valence-corrected chi connectivity index (χ4v) is 1.90. The topological polar surface area (TPSA) is 51.2 Å². The first-order chi connectivity index (χ1) is 7.20. The second kappa shape index (κ2) is 3.88. The highest BCUT2D eigenvalue weighted by Gasteiger charge is 2.31. The number of amides is 1. The number of ether oxygens (including phenoxy) is 1. The lowest BCUT2D eigenvalue weighted by Crippen LogP contribution is -2.24. The molecule has 1 saturated heterocycles. The Labute approximate surface area is 88.7 Å². The van der Waals surface area contributed by atoms with Gasteiger partial charge in [0.05, 0.1) is 12.8 Å². The molecule has 0 radical (unpaired) electrons. The number of nitrogens with zero attached hydrogens (tertiary/aromatic N) is 1. The number of hydrogen-bond acceptors (Lipinski definition) is 3. The average Bonchev–Trinajstić information content (AvgIpc) is 2.58. The molecular weight excluding hydrogens is 192 g/mol. The lowest BCUT2D eigenvalue weighted by molar-refractivity contribution is -0.119. The molecule has 1 N–H and O–H groups in total. The first-order valence-corrected chi connectivity index (χ1v) is 5.01. The minimum absolute atomic E-state index is 0.0946. The Hall–Kier alpha value is -1.58. The minimum atomic E-state index is 0.0946. The van der Waals surface area contributed by atoms with Gasteiger partial charge in [0.15, 0.2) is 0 Å². The molecule has 0 aliphatic carbocycles. The predicted molar refractivity (Wildman–Crippen MR) is 55.8 cm³/mol. The van der Waals surface area contributed by atoms with Crippen molar-refractivity contribution in [3.8, 4) is 5.88 Å². The van der Waals surface area contributed by atoms with Crippen molar-refractivity contribution >= 4 is 5.91 Å². The van der Waals surface area contributed by atoms with Crippen LogP contribution in [0.1, 0.15) is 25.0 Å². The van der Waals surface area contributed by atoms with Crippen LogP contribution in [0.25, 0.3) is 0 Å². The van der Waals surface area contributed by atoms with Gasteiger partial charge < -0.3 is 10.1 Å². The molecule has 2 heterocycles. The van der Waals surface area contributed by atoms with Crippen LogP contribution in [0.4, 0.5) is 0 Å². The first kappa shape index (κ1) is 9.96. The van der Waals surface area contributed by atoms with Crippen LogP contribution in [0, 0.1) is 0 Å². The second-order valence-corrected chi connectivity index (χ2v) is 3.77. The molecule has 1 aliphatic heterocycles. The number of carbonyl (C=O) groups excluding carboxylic acids is 1. The molecular formula is C11H14N2O2. The number of rotatable bonds is 2. The summed E-state index contributed by atoms with van der Waals surface area (Å²) in [4.78, 5) is 15.6. The van der Waals surface area contributed by atoms with Crippen molar-refractivity contribution in [1.29, 1.82) is 0 Å². The summed E-state index contributed by atoms with van der Waals surface area (Å²) in [6.45, 7) is 2.00. The Morgan fingerprint density at radius 2 is 2.33 bits per heavy atom. The molecule has 0 aromatic carbocycles. The third kappa shape index (κ3) is 1.93. The molecule has 0 saturated carbocycles. The zero-order valence-corrected chi connectivity index (χ0v) is 8.86. The highest BCUT2D eigenvalue weighted by Crippen LogP contribution is 2.27. The van der Waals surface area contributed by atoms with Crippen molar-refractivity contribution in [1.82, 2.24) is 10.3 Å². The molecule has 1 amide bonds. The largest absolute Gasteiger partial charge is 0.481 e. The zero-order valence-electron chi connectivity index (χ0n) is 8.86. The summed E-state index contributed by atoms with van der Waals surface area (Å²) in [7, 11) is 1.59. The molecule has 2 rings (SSSR count). The van der Waals surface area contributed by atoms with Crippen molar-refractivity contribution in [2.45, 2.75) is 25.3 Å². The summed E-state index contributed by atoms with van der Waals surface area (Å²) in [6.07, 6.45) is 0.515. The molecule has 1 fully saturated rings. The second-order valence-electron chi connectivity index (χ2n) is 3.77. The van der Waals surface area contributed by atoms with E-state index in [9.17, 15) is 4.79 Å². The maximum absolute atomic E-state index is 11.2. The molecule has 2 atom stereocenters. The van der Waals surface area contributed by atoms with E-state index in [4.69, 9.17) is 4.74 Å². The molecule has 1 aromatic heterocycles. The van der Waals surface area contributed by atoms with E-state index in [1.807, 2.05) is 19.1 Å². The highest BCUT2D eigenvalue weighted by atomic mass is 16.5. The van der Waals surface area contributed by atoms with Crippen LogP contribution in [-0.4, -0.2) is 24.0 Å². The van der Waals surface area contributed by atoms with Gasteiger partial charge in [-0.25, -0.2) is 4.98 Å². The normalized spacial score (nSPS) is 25.1. The Kier molecular flexibility index (Phi) is 2.58. The molecule has 4 nitrogen and oxygen atoms in total. The summed E-state index contributed by atoms with van der Waals surface area (Å²) in [5.74, 6) is 0.851. The number of aromatic nitrogens is 1. The van der Waals surface area contributed by atoms with Crippen LogP contribution in [0.2, 0.25) is 0 Å². The molecule has 2 unspecified atom stereocenters. The highest BCUT2D eigenvalue weighted by molar-refractivity contribution is 5.80. The SMILES string of the molecule is COc1cccc(C2CC(=O)NC2C)n1. The minimum Gasteiger partial charge on any atom is -0.481 e. The average molecular weight is 206 g/mol. The molecule has 15 heavy (non-hydrogen) atoms. The van der Waals surface area contributed by atoms with E-state index in [1.54, 1.807) is 13.2 Å². The summed E-state index contributed by atoms with van der Waals surface area (Å²) in [5.41, 5.74) is 0.917. The lowest BCUT2D eigenvalue weighted by Gasteiger charge is -2.13. The van der Waals surface area contributed by atoms with Gasteiger partial charge in [-0.1, -0.05) is 6.07 Å². The van der Waals surface area contributed by atoms with Gasteiger partial charge in [-0.15, -0.1) is 0 Å². The molecule has 80 valence electrons. The van der Waals surface area contributed by atoms with Gasteiger partial charge >= 0.3 is 0 Å². The number of hydrogen-bond donors (Lipinski definition) is 1. The van der Waals surface area contributed by atoms with Crippen molar-refractivity contribution in [3.63, 3.8) is 0 Å². The number of pyridine rings is 1. The van der Waals surface area contributed by atoms with Crippen LogP contribution < -0.4 is 10.1 Å². The zero-order chi connectivity index (χ0) is 10.8. The van der Waals surface area contributed by atoms with Crippen molar-refractivity contribution in [2.75, 3.05) is 7.11 Å². The van der Waals surface area contributed by atoms with E-state index in [1.165, 1.54) is 0 Å². The fourth-order valence-electron chi connectivity index (χ4n) is 1.90. The summed E-state index contributed by atoms with van der Waals surface area (Å²) in [6, 6.07) is 5.79. The Balaban J connectivity index is 2.25. The third-order valence-electron chi connectivity index (χ3n) is 2.73. The summed E-state index contributed by atoms with van der Waals surface area (Å²) < 4.78 is 5.06. The fraction of sp³-hybridized carbons (Fsp3) is 0.455. The Morgan fingerprint density at radius 1 is 1.53 bits per heavy atom. The van der Waals surface area contributed by atoms with Gasteiger partial charge in [0.25, 0.3) is 0 Å². The predicted octanol–water partition coefficient (Wildman–Crippen LogP) is 1.08. The van der Waals surface area contributed by atoms with Crippen LogP contribution in [0.3, 0.4) is 0 Å². The maximum atomic E-state index is 11.2. The number of nitrogens with one attached hydrogen (secondary N) is 1. The van der Waals surface area contributed by atoms with Crippen molar-refractivity contribution in [3.05, 3.63) is 23.9 Å². The van der Waals surface area contributed by atoms with E-state index in [0.29, 0.717) is 12.3 Å². The van der Waals surface area contributed by atoms with Gasteiger partial charge in [-0.3, -0.25) is 4.79 Å². The Morgan fingerprint density at radius 3 is 2.93 bits per heavy atom. The quantitative estimate of drug-likeness (QED) is 0.787. The van der Waals surface area contributed by atoms with E-state index in [-0.39, 0.29) is 17.9 Å². The van der Waals surface area contributed by atoms with Crippen molar-refractivity contribution < 1.29 is 9.53 Å². The van der Waals surface area contributed by atoms with Crippen LogP contribution in [0.5, 0.6) is 5.88 Å². The van der Waals surface area contributed by atoms with E-state index >= 15 is 0 Å².